The minimum Gasteiger partial charge on any atom is -0.462 e. The highest BCUT2D eigenvalue weighted by Gasteiger charge is 2.24. The Hall–Kier alpha value is -3.33. The van der Waals surface area contributed by atoms with Crippen LogP contribution in [0.15, 0.2) is 45.5 Å². The van der Waals surface area contributed by atoms with Gasteiger partial charge >= 0.3 is 5.97 Å². The summed E-state index contributed by atoms with van der Waals surface area (Å²) in [7, 11) is 0. The lowest BCUT2D eigenvalue weighted by atomic mass is 10.1. The number of carbonyl (C=O) groups is 1. The van der Waals surface area contributed by atoms with Crippen molar-refractivity contribution in [2.45, 2.75) is 26.9 Å². The van der Waals surface area contributed by atoms with E-state index < -0.39 is 12.1 Å². The van der Waals surface area contributed by atoms with E-state index >= 15 is 0 Å². The molecule has 0 amide bonds. The highest BCUT2D eigenvalue weighted by atomic mass is 32.1. The fraction of sp³-hybridized carbons (Fsp3) is 0.200. The second kappa shape index (κ2) is 7.59. The number of halogens is 1. The molecule has 7 nitrogen and oxygen atoms in total. The van der Waals surface area contributed by atoms with Crippen LogP contribution in [0.2, 0.25) is 0 Å². The molecule has 0 saturated carbocycles. The lowest BCUT2D eigenvalue weighted by Gasteiger charge is -2.07. The van der Waals surface area contributed by atoms with Gasteiger partial charge in [0.1, 0.15) is 5.82 Å². The Labute approximate surface area is 169 Å². The number of aryl methyl sites for hydroxylation is 2. The highest BCUT2D eigenvalue weighted by Crippen LogP contribution is 2.29. The summed E-state index contributed by atoms with van der Waals surface area (Å²) in [5.74, 6) is -0.0674. The first kappa shape index (κ1) is 19.0. The summed E-state index contributed by atoms with van der Waals surface area (Å²) in [6.07, 6.45) is 0.742. The summed E-state index contributed by atoms with van der Waals surface area (Å²) in [5.41, 5.74) is 1.20. The number of hydrogen-bond acceptors (Lipinski definition) is 8. The number of carbonyl (C=O) groups excluding carboxylic acids is 1. The monoisotopic (exact) mass is 413 g/mol. The minimum absolute atomic E-state index is 0.105. The molecule has 0 aliphatic heterocycles. The number of benzene rings is 1. The second-order valence-corrected chi connectivity index (χ2v) is 7.57. The Morgan fingerprint density at radius 1 is 1.24 bits per heavy atom. The van der Waals surface area contributed by atoms with Crippen molar-refractivity contribution >= 4 is 17.3 Å². The van der Waals surface area contributed by atoms with Crippen molar-refractivity contribution < 1.29 is 22.9 Å². The van der Waals surface area contributed by atoms with Crippen LogP contribution in [0.25, 0.3) is 22.2 Å². The van der Waals surface area contributed by atoms with Gasteiger partial charge in [0, 0.05) is 10.4 Å². The topological polar surface area (TPSA) is 91.2 Å². The van der Waals surface area contributed by atoms with E-state index in [4.69, 9.17) is 13.7 Å². The van der Waals surface area contributed by atoms with Crippen molar-refractivity contribution in [1.82, 2.24) is 15.1 Å². The van der Waals surface area contributed by atoms with Gasteiger partial charge in [-0.05, 0) is 44.5 Å². The fourth-order valence-corrected chi connectivity index (χ4v) is 3.48. The summed E-state index contributed by atoms with van der Waals surface area (Å²) < 4.78 is 29.7. The van der Waals surface area contributed by atoms with Crippen LogP contribution in [-0.4, -0.2) is 21.1 Å². The molecule has 0 aliphatic carbocycles. The maximum Gasteiger partial charge on any atom is 0.358 e. The molecule has 1 aromatic carbocycles. The Kier molecular flexibility index (Phi) is 4.98. The number of aromatic nitrogens is 3. The molecule has 0 spiro atoms. The van der Waals surface area contributed by atoms with Crippen LogP contribution in [0.4, 0.5) is 4.39 Å². The van der Waals surface area contributed by atoms with E-state index in [1.54, 1.807) is 51.3 Å². The molecule has 1 atom stereocenters. The Morgan fingerprint density at radius 3 is 2.79 bits per heavy atom. The minimum atomic E-state index is -0.799. The third-order valence-electron chi connectivity index (χ3n) is 4.23. The first-order valence-electron chi connectivity index (χ1n) is 8.75. The summed E-state index contributed by atoms with van der Waals surface area (Å²) in [4.78, 5) is 21.8. The zero-order valence-electron chi connectivity index (χ0n) is 15.8. The van der Waals surface area contributed by atoms with E-state index in [1.807, 2.05) is 0 Å². The lowest BCUT2D eigenvalue weighted by Crippen LogP contribution is -2.11. The molecule has 0 fully saturated rings. The Balaban J connectivity index is 1.50. The van der Waals surface area contributed by atoms with Gasteiger partial charge in [0.2, 0.25) is 5.82 Å². The molecule has 0 radical (unpaired) electrons. The summed E-state index contributed by atoms with van der Waals surface area (Å²) in [5, 5.41) is 4.43. The van der Waals surface area contributed by atoms with Gasteiger partial charge in [-0.2, -0.15) is 4.98 Å². The van der Waals surface area contributed by atoms with Gasteiger partial charge in [-0.3, -0.25) is 0 Å². The van der Waals surface area contributed by atoms with Crippen molar-refractivity contribution in [3.05, 3.63) is 64.4 Å². The van der Waals surface area contributed by atoms with Crippen LogP contribution in [0.5, 0.6) is 0 Å². The molecule has 4 aromatic rings. The lowest BCUT2D eigenvalue weighted by molar-refractivity contribution is 0.0259. The van der Waals surface area contributed by atoms with Gasteiger partial charge in [0.25, 0.3) is 5.89 Å². The molecule has 0 N–H and O–H groups in total. The van der Waals surface area contributed by atoms with Crippen molar-refractivity contribution in [2.75, 3.05) is 0 Å². The van der Waals surface area contributed by atoms with Crippen LogP contribution < -0.4 is 0 Å². The number of rotatable bonds is 5. The molecule has 3 heterocycles. The SMILES string of the molecule is Cc1ccc(-c2noc(C(C)OC(=O)c3nc(-c4ccco4)sc3C)n2)cc1F. The smallest absolute Gasteiger partial charge is 0.358 e. The molecule has 0 aliphatic rings. The third-order valence-corrected chi connectivity index (χ3v) is 5.21. The number of thiazole rings is 1. The maximum absolute atomic E-state index is 13.8. The van der Waals surface area contributed by atoms with Crippen LogP contribution in [-0.2, 0) is 4.74 Å². The Bertz CT molecular complexity index is 1170. The molecule has 3 aromatic heterocycles. The Morgan fingerprint density at radius 2 is 2.07 bits per heavy atom. The van der Waals surface area contributed by atoms with E-state index in [-0.39, 0.29) is 23.2 Å². The number of nitrogens with zero attached hydrogens (tertiary/aromatic N) is 3. The van der Waals surface area contributed by atoms with E-state index in [0.29, 0.717) is 26.8 Å². The van der Waals surface area contributed by atoms with Crippen molar-refractivity contribution in [1.29, 1.82) is 0 Å². The average molecular weight is 413 g/mol. The first-order valence-corrected chi connectivity index (χ1v) is 9.56. The van der Waals surface area contributed by atoms with Gasteiger partial charge in [0.15, 0.2) is 22.6 Å². The predicted molar refractivity (Wildman–Crippen MR) is 103 cm³/mol. The standard InChI is InChI=1S/C20H16FN3O4S/c1-10-6-7-13(9-14(10)21)17-23-18(28-24-17)11(2)27-20(25)16-12(3)29-19(22-16)15-5-4-8-26-15/h4-9,11H,1-3H3. The fourth-order valence-electron chi connectivity index (χ4n) is 2.61. The van der Waals surface area contributed by atoms with E-state index in [1.165, 1.54) is 17.4 Å². The van der Waals surface area contributed by atoms with Crippen molar-refractivity contribution in [2.24, 2.45) is 0 Å². The zero-order valence-corrected chi connectivity index (χ0v) is 16.6. The summed E-state index contributed by atoms with van der Waals surface area (Å²) >= 11 is 1.33. The normalized spacial score (nSPS) is 12.1. The first-order chi connectivity index (χ1) is 13.9. The number of ether oxygens (including phenoxy) is 1. The van der Waals surface area contributed by atoms with Crippen LogP contribution in [0.3, 0.4) is 0 Å². The largest absolute Gasteiger partial charge is 0.462 e. The highest BCUT2D eigenvalue weighted by molar-refractivity contribution is 7.15. The van der Waals surface area contributed by atoms with E-state index in [9.17, 15) is 9.18 Å². The van der Waals surface area contributed by atoms with Crippen LogP contribution in [0, 0.1) is 19.7 Å². The summed E-state index contributed by atoms with van der Waals surface area (Å²) in [6.45, 7) is 5.06. The second-order valence-electron chi connectivity index (χ2n) is 6.37. The van der Waals surface area contributed by atoms with Gasteiger partial charge in [0.05, 0.1) is 6.26 Å². The average Bonchev–Trinajstić information content (AvgIpc) is 3.44. The quantitative estimate of drug-likeness (QED) is 0.419. The molecule has 148 valence electrons. The van der Waals surface area contributed by atoms with Crippen LogP contribution in [0.1, 0.15) is 39.8 Å². The maximum atomic E-state index is 13.8. The number of esters is 1. The number of hydrogen-bond donors (Lipinski definition) is 0. The molecule has 4 rings (SSSR count). The molecule has 0 saturated heterocycles. The molecule has 1 unspecified atom stereocenters. The molecule has 0 bridgehead atoms. The summed E-state index contributed by atoms with van der Waals surface area (Å²) in [6, 6.07) is 8.17. The van der Waals surface area contributed by atoms with E-state index in [0.717, 1.165) is 0 Å². The molecule has 9 heteroatoms. The molecule has 29 heavy (non-hydrogen) atoms. The van der Waals surface area contributed by atoms with Crippen LogP contribution >= 0.6 is 11.3 Å². The van der Waals surface area contributed by atoms with Gasteiger partial charge < -0.3 is 13.7 Å². The van der Waals surface area contributed by atoms with Gasteiger partial charge in [-0.1, -0.05) is 17.3 Å². The predicted octanol–water partition coefficient (Wildman–Crippen LogP) is 5.13. The third kappa shape index (κ3) is 3.81. The molecular formula is C20H16FN3O4S. The molecular weight excluding hydrogens is 397 g/mol. The van der Waals surface area contributed by atoms with Crippen molar-refractivity contribution in [3.8, 4) is 22.2 Å². The zero-order chi connectivity index (χ0) is 20.5. The number of furan rings is 1. The van der Waals surface area contributed by atoms with E-state index in [2.05, 4.69) is 15.1 Å². The van der Waals surface area contributed by atoms with Gasteiger partial charge in [-0.25, -0.2) is 14.2 Å². The van der Waals surface area contributed by atoms with Crippen molar-refractivity contribution in [3.63, 3.8) is 0 Å². The van der Waals surface area contributed by atoms with Gasteiger partial charge in [-0.15, -0.1) is 11.3 Å².